The molecule has 1 aliphatic carbocycles. The Morgan fingerprint density at radius 3 is 2.78 bits per heavy atom. The average molecular weight is 313 g/mol. The lowest BCUT2D eigenvalue weighted by molar-refractivity contribution is 0.270. The van der Waals surface area contributed by atoms with Crippen LogP contribution in [-0.2, 0) is 6.54 Å². The van der Waals surface area contributed by atoms with Gasteiger partial charge in [-0.15, -0.1) is 0 Å². The molecule has 0 aliphatic heterocycles. The first-order chi connectivity index (χ1) is 8.61. The van der Waals surface area contributed by atoms with Crippen molar-refractivity contribution in [1.29, 1.82) is 0 Å². The Morgan fingerprint density at radius 2 is 2.22 bits per heavy atom. The van der Waals surface area contributed by atoms with Gasteiger partial charge in [-0.2, -0.15) is 0 Å². The van der Waals surface area contributed by atoms with Gasteiger partial charge in [0.1, 0.15) is 0 Å². The Hall–Kier alpha value is -0.580. The van der Waals surface area contributed by atoms with Crippen LogP contribution in [0.25, 0.3) is 0 Å². The number of aliphatic hydroxyl groups excluding tert-OH is 1. The van der Waals surface area contributed by atoms with E-state index in [1.165, 1.54) is 18.4 Å². The third kappa shape index (κ3) is 3.46. The molecule has 1 fully saturated rings. The van der Waals surface area contributed by atoms with Gasteiger partial charge in [-0.05, 0) is 53.4 Å². The van der Waals surface area contributed by atoms with E-state index >= 15 is 0 Å². The van der Waals surface area contributed by atoms with E-state index in [-0.39, 0.29) is 12.6 Å². The van der Waals surface area contributed by atoms with Crippen molar-refractivity contribution in [2.75, 3.05) is 18.6 Å². The molecule has 100 valence electrons. The first kappa shape index (κ1) is 13.8. The van der Waals surface area contributed by atoms with Crippen molar-refractivity contribution in [3.8, 4) is 0 Å². The van der Waals surface area contributed by atoms with Crippen LogP contribution in [0.4, 0.5) is 5.69 Å². The molecule has 4 heteroatoms. The fraction of sp³-hybridized carbons (Fsp3) is 0.571. The van der Waals surface area contributed by atoms with Gasteiger partial charge in [-0.3, -0.25) is 0 Å². The van der Waals surface area contributed by atoms with Gasteiger partial charge < -0.3 is 15.3 Å². The minimum Gasteiger partial charge on any atom is -0.394 e. The van der Waals surface area contributed by atoms with Gasteiger partial charge in [0.25, 0.3) is 0 Å². The summed E-state index contributed by atoms with van der Waals surface area (Å²) in [6, 6.07) is 7.28. The summed E-state index contributed by atoms with van der Waals surface area (Å²) in [5.41, 5.74) is 2.41. The zero-order valence-electron chi connectivity index (χ0n) is 11.0. The first-order valence-corrected chi connectivity index (χ1v) is 7.26. The normalized spacial score (nSPS) is 16.7. The van der Waals surface area contributed by atoms with Crippen molar-refractivity contribution in [3.63, 3.8) is 0 Å². The molecule has 0 amide bonds. The van der Waals surface area contributed by atoms with Crippen molar-refractivity contribution < 1.29 is 5.11 Å². The van der Waals surface area contributed by atoms with Crippen LogP contribution in [0.2, 0.25) is 0 Å². The maximum atomic E-state index is 9.20. The molecule has 2 N–H and O–H groups in total. The number of anilines is 1. The Balaban J connectivity index is 2.03. The Bertz CT molecular complexity index is 407. The van der Waals surface area contributed by atoms with Crippen molar-refractivity contribution in [2.24, 2.45) is 0 Å². The number of rotatable bonds is 6. The van der Waals surface area contributed by atoms with Crippen LogP contribution in [0.5, 0.6) is 0 Å². The summed E-state index contributed by atoms with van der Waals surface area (Å²) in [5.74, 6) is 0. The van der Waals surface area contributed by atoms with Crippen LogP contribution in [-0.4, -0.2) is 30.8 Å². The molecular weight excluding hydrogens is 292 g/mol. The van der Waals surface area contributed by atoms with E-state index in [1.54, 1.807) is 0 Å². The number of benzene rings is 1. The van der Waals surface area contributed by atoms with E-state index in [1.807, 2.05) is 14.0 Å². The maximum absolute atomic E-state index is 9.20. The number of halogens is 1. The molecule has 1 aromatic carbocycles. The van der Waals surface area contributed by atoms with Gasteiger partial charge in [-0.1, -0.05) is 6.07 Å². The van der Waals surface area contributed by atoms with Crippen molar-refractivity contribution >= 4 is 21.6 Å². The quantitative estimate of drug-likeness (QED) is 0.847. The molecule has 1 atom stereocenters. The smallest absolute Gasteiger partial charge is 0.0632 e. The molecule has 0 bridgehead atoms. The van der Waals surface area contributed by atoms with Gasteiger partial charge in [-0.25, -0.2) is 0 Å². The number of nitrogens with one attached hydrogen (secondary N) is 1. The minimum absolute atomic E-state index is 0.122. The Kier molecular flexibility index (Phi) is 4.65. The maximum Gasteiger partial charge on any atom is 0.0632 e. The second-order valence-electron chi connectivity index (χ2n) is 5.08. The van der Waals surface area contributed by atoms with Crippen LogP contribution in [0.3, 0.4) is 0 Å². The summed E-state index contributed by atoms with van der Waals surface area (Å²) in [6.45, 7) is 3.10. The van der Waals surface area contributed by atoms with Crippen LogP contribution in [0.1, 0.15) is 25.3 Å². The molecule has 0 aromatic heterocycles. The number of hydrogen-bond acceptors (Lipinski definition) is 3. The summed E-state index contributed by atoms with van der Waals surface area (Å²) in [5, 5.41) is 12.7. The van der Waals surface area contributed by atoms with Crippen LogP contribution < -0.4 is 10.2 Å². The van der Waals surface area contributed by atoms with E-state index in [0.29, 0.717) is 0 Å². The van der Waals surface area contributed by atoms with Crippen LogP contribution >= 0.6 is 15.9 Å². The summed E-state index contributed by atoms with van der Waals surface area (Å²) in [7, 11) is 2.00. The van der Waals surface area contributed by atoms with Gasteiger partial charge >= 0.3 is 0 Å². The third-order valence-corrected chi connectivity index (χ3v) is 4.12. The summed E-state index contributed by atoms with van der Waals surface area (Å²) in [6.07, 6.45) is 2.63. The molecular formula is C14H21BrN2O. The lowest BCUT2D eigenvalue weighted by Gasteiger charge is -2.26. The van der Waals surface area contributed by atoms with Gasteiger partial charge in [0.2, 0.25) is 0 Å². The highest BCUT2D eigenvalue weighted by Gasteiger charge is 2.20. The largest absolute Gasteiger partial charge is 0.394 e. The standard InChI is InChI=1S/C14H21BrN2O/c1-10(9-18)17(2)14-6-3-11(7-13(14)15)8-16-12-4-5-12/h3,6-7,10,12,16,18H,4-5,8-9H2,1-2H3. The molecule has 0 radical (unpaired) electrons. The van der Waals surface area contributed by atoms with E-state index in [2.05, 4.69) is 44.3 Å². The van der Waals surface area contributed by atoms with Gasteiger partial charge in [0.05, 0.1) is 12.3 Å². The molecule has 0 spiro atoms. The number of nitrogens with zero attached hydrogens (tertiary/aromatic N) is 1. The highest BCUT2D eigenvalue weighted by atomic mass is 79.9. The van der Waals surface area contributed by atoms with Crippen LogP contribution in [0.15, 0.2) is 22.7 Å². The van der Waals surface area contributed by atoms with E-state index in [9.17, 15) is 5.11 Å². The number of aliphatic hydroxyl groups is 1. The van der Waals surface area contributed by atoms with E-state index in [0.717, 1.165) is 22.7 Å². The molecule has 1 unspecified atom stereocenters. The van der Waals surface area contributed by atoms with Crippen molar-refractivity contribution in [1.82, 2.24) is 5.32 Å². The monoisotopic (exact) mass is 312 g/mol. The van der Waals surface area contributed by atoms with E-state index in [4.69, 9.17) is 0 Å². The number of likely N-dealkylation sites (N-methyl/N-ethyl adjacent to an activating group) is 1. The van der Waals surface area contributed by atoms with Crippen LogP contribution in [0, 0.1) is 0 Å². The Morgan fingerprint density at radius 1 is 1.50 bits per heavy atom. The van der Waals surface area contributed by atoms with Gasteiger partial charge in [0, 0.05) is 30.1 Å². The first-order valence-electron chi connectivity index (χ1n) is 6.47. The number of hydrogen-bond donors (Lipinski definition) is 2. The molecule has 0 heterocycles. The molecule has 0 saturated heterocycles. The summed E-state index contributed by atoms with van der Waals surface area (Å²) in [4.78, 5) is 2.09. The highest BCUT2D eigenvalue weighted by Crippen LogP contribution is 2.28. The summed E-state index contributed by atoms with van der Waals surface area (Å²) < 4.78 is 1.08. The molecule has 1 saturated carbocycles. The van der Waals surface area contributed by atoms with Crippen molar-refractivity contribution in [2.45, 2.75) is 38.4 Å². The second kappa shape index (κ2) is 6.04. The molecule has 3 nitrogen and oxygen atoms in total. The average Bonchev–Trinajstić information content (AvgIpc) is 3.18. The van der Waals surface area contributed by atoms with E-state index < -0.39 is 0 Å². The minimum atomic E-state index is 0.122. The molecule has 1 aliphatic rings. The van der Waals surface area contributed by atoms with Gasteiger partial charge in [0.15, 0.2) is 0 Å². The SMILES string of the molecule is CC(CO)N(C)c1ccc(CNC2CC2)cc1Br. The zero-order valence-corrected chi connectivity index (χ0v) is 12.6. The second-order valence-corrected chi connectivity index (χ2v) is 5.94. The fourth-order valence-corrected chi connectivity index (χ4v) is 2.56. The Labute approximate surface area is 117 Å². The predicted molar refractivity (Wildman–Crippen MR) is 79.0 cm³/mol. The molecule has 2 rings (SSSR count). The third-order valence-electron chi connectivity index (χ3n) is 3.49. The molecule has 1 aromatic rings. The lowest BCUT2D eigenvalue weighted by atomic mass is 10.1. The lowest BCUT2D eigenvalue weighted by Crippen LogP contribution is -2.32. The summed E-state index contributed by atoms with van der Waals surface area (Å²) >= 11 is 3.62. The fourth-order valence-electron chi connectivity index (χ4n) is 1.86. The molecule has 18 heavy (non-hydrogen) atoms. The zero-order chi connectivity index (χ0) is 13.1. The highest BCUT2D eigenvalue weighted by molar-refractivity contribution is 9.10. The van der Waals surface area contributed by atoms with Crippen molar-refractivity contribution in [3.05, 3.63) is 28.2 Å². The topological polar surface area (TPSA) is 35.5 Å². The predicted octanol–water partition coefficient (Wildman–Crippen LogP) is 2.52.